The van der Waals surface area contributed by atoms with Gasteiger partial charge in [0.05, 0.1) is 10.0 Å². The van der Waals surface area contributed by atoms with E-state index in [-0.39, 0.29) is 17.1 Å². The number of carbonyl (C=O) groups is 2. The maximum Gasteiger partial charge on any atom is 0.254 e. The highest BCUT2D eigenvalue weighted by Crippen LogP contribution is 2.48. The van der Waals surface area contributed by atoms with E-state index in [2.05, 4.69) is 24.5 Å². The number of Topliss-reactive ketones (excluding diaryl/α,β-unsaturated/α-hetero) is 1. The van der Waals surface area contributed by atoms with Crippen LogP contribution < -0.4 is 10.6 Å². The van der Waals surface area contributed by atoms with Crippen LogP contribution in [0, 0.1) is 12.3 Å². The summed E-state index contributed by atoms with van der Waals surface area (Å²) >= 11 is 13.0. The topological polar surface area (TPSA) is 58.2 Å². The number of rotatable bonds is 3. The Morgan fingerprint density at radius 2 is 1.78 bits per heavy atom. The van der Waals surface area contributed by atoms with Crippen molar-refractivity contribution in [2.75, 3.05) is 5.32 Å². The lowest BCUT2D eigenvalue weighted by molar-refractivity contribution is -0.118. The molecule has 2 aromatic rings. The van der Waals surface area contributed by atoms with Gasteiger partial charge in [-0.2, -0.15) is 0 Å². The van der Waals surface area contributed by atoms with Gasteiger partial charge in [-0.15, -0.1) is 0 Å². The van der Waals surface area contributed by atoms with Gasteiger partial charge in [-0.3, -0.25) is 9.59 Å². The first kappa shape index (κ1) is 22.6. The van der Waals surface area contributed by atoms with Crippen molar-refractivity contribution in [2.45, 2.75) is 46.5 Å². The molecule has 32 heavy (non-hydrogen) atoms. The molecule has 0 bridgehead atoms. The summed E-state index contributed by atoms with van der Waals surface area (Å²) in [6.45, 7) is 7.97. The highest BCUT2D eigenvalue weighted by atomic mass is 35.5. The van der Waals surface area contributed by atoms with Crippen LogP contribution >= 0.6 is 23.2 Å². The molecule has 4 rings (SSSR count). The van der Waals surface area contributed by atoms with Crippen LogP contribution in [0.1, 0.15) is 50.7 Å². The zero-order chi connectivity index (χ0) is 23.2. The molecule has 1 amide bonds. The number of amides is 1. The van der Waals surface area contributed by atoms with E-state index < -0.39 is 5.92 Å². The molecule has 4 nitrogen and oxygen atoms in total. The Morgan fingerprint density at radius 1 is 1.06 bits per heavy atom. The SMILES string of the molecule is CC1=C(C(=O)Nc2ccccc2C)[C@@H](c2cccc(Cl)c2Cl)C2=C(CC(C)(C)CC2=O)N1. The minimum absolute atomic E-state index is 0.0264. The second-order valence-corrected chi connectivity index (χ2v) is 10.1. The van der Waals surface area contributed by atoms with Gasteiger partial charge >= 0.3 is 0 Å². The first-order valence-corrected chi connectivity index (χ1v) is 11.4. The molecular formula is C26H26Cl2N2O2. The molecular weight excluding hydrogens is 443 g/mol. The number of anilines is 1. The lowest BCUT2D eigenvalue weighted by Crippen LogP contribution is -2.39. The van der Waals surface area contributed by atoms with Crippen molar-refractivity contribution in [2.24, 2.45) is 5.41 Å². The van der Waals surface area contributed by atoms with E-state index in [1.54, 1.807) is 12.1 Å². The molecule has 2 aromatic carbocycles. The Labute approximate surface area is 198 Å². The maximum absolute atomic E-state index is 13.6. The van der Waals surface area contributed by atoms with Gasteiger partial charge in [0.2, 0.25) is 0 Å². The molecule has 1 heterocycles. The first-order valence-electron chi connectivity index (χ1n) is 10.6. The van der Waals surface area contributed by atoms with Gasteiger partial charge in [0.1, 0.15) is 0 Å². The van der Waals surface area contributed by atoms with Crippen LogP contribution in [-0.2, 0) is 9.59 Å². The predicted octanol–water partition coefficient (Wildman–Crippen LogP) is 6.54. The number of hydrogen-bond acceptors (Lipinski definition) is 3. The summed E-state index contributed by atoms with van der Waals surface area (Å²) in [7, 11) is 0. The third-order valence-corrected chi connectivity index (χ3v) is 7.00. The van der Waals surface area contributed by atoms with E-state index in [0.717, 1.165) is 16.9 Å². The van der Waals surface area contributed by atoms with Gasteiger partial charge in [0, 0.05) is 40.6 Å². The molecule has 0 saturated heterocycles. The second-order valence-electron chi connectivity index (χ2n) is 9.34. The van der Waals surface area contributed by atoms with Crippen molar-refractivity contribution in [3.63, 3.8) is 0 Å². The van der Waals surface area contributed by atoms with Crippen LogP contribution in [0.5, 0.6) is 0 Å². The standard InChI is InChI=1S/C26H26Cl2N2O2/c1-14-8-5-6-11-18(14)30-25(32)21-15(2)29-19-12-26(3,4)13-20(31)23(19)22(21)16-9-7-10-17(27)24(16)28/h5-11,22,29H,12-13H2,1-4H3,(H,30,32)/t22-/m1/s1. The third-order valence-electron chi connectivity index (χ3n) is 6.17. The van der Waals surface area contributed by atoms with Crippen LogP contribution in [0.15, 0.2) is 65.0 Å². The number of carbonyl (C=O) groups excluding carboxylic acids is 2. The molecule has 1 atom stereocenters. The summed E-state index contributed by atoms with van der Waals surface area (Å²) < 4.78 is 0. The highest BCUT2D eigenvalue weighted by molar-refractivity contribution is 6.42. The Bertz CT molecular complexity index is 1190. The van der Waals surface area contributed by atoms with E-state index >= 15 is 0 Å². The van der Waals surface area contributed by atoms with Crippen molar-refractivity contribution in [1.29, 1.82) is 0 Å². The van der Waals surface area contributed by atoms with Crippen LogP contribution in [0.3, 0.4) is 0 Å². The minimum Gasteiger partial charge on any atom is -0.362 e. The van der Waals surface area contributed by atoms with Crippen molar-refractivity contribution in [3.8, 4) is 0 Å². The monoisotopic (exact) mass is 468 g/mol. The van der Waals surface area contributed by atoms with Crippen molar-refractivity contribution < 1.29 is 9.59 Å². The summed E-state index contributed by atoms with van der Waals surface area (Å²) in [4.78, 5) is 27.0. The molecule has 0 spiro atoms. The Kier molecular flexibility index (Phi) is 5.95. The van der Waals surface area contributed by atoms with Gasteiger partial charge in [0.15, 0.2) is 5.78 Å². The summed E-state index contributed by atoms with van der Waals surface area (Å²) in [5.41, 5.74) is 4.83. The molecule has 2 N–H and O–H groups in total. The number of benzene rings is 2. The molecule has 1 aliphatic carbocycles. The van der Waals surface area contributed by atoms with E-state index in [4.69, 9.17) is 23.2 Å². The summed E-state index contributed by atoms with van der Waals surface area (Å²) in [5, 5.41) is 7.15. The number of hydrogen-bond donors (Lipinski definition) is 2. The molecule has 0 radical (unpaired) electrons. The summed E-state index contributed by atoms with van der Waals surface area (Å²) in [5.74, 6) is -0.835. The second kappa shape index (κ2) is 8.42. The predicted molar refractivity (Wildman–Crippen MR) is 130 cm³/mol. The third kappa shape index (κ3) is 4.10. The number of allylic oxidation sites excluding steroid dienone is 3. The Balaban J connectivity index is 1.87. The normalized spacial score (nSPS) is 20.1. The van der Waals surface area contributed by atoms with E-state index in [1.807, 2.05) is 44.2 Å². The van der Waals surface area contributed by atoms with E-state index in [0.29, 0.717) is 45.3 Å². The van der Waals surface area contributed by atoms with Crippen LogP contribution in [0.25, 0.3) is 0 Å². The molecule has 0 aromatic heterocycles. The quantitative estimate of drug-likeness (QED) is 0.536. The van der Waals surface area contributed by atoms with Gasteiger partial charge in [-0.05, 0) is 48.9 Å². The average molecular weight is 469 g/mol. The number of nitrogens with one attached hydrogen (secondary N) is 2. The molecule has 2 aliphatic rings. The fourth-order valence-electron chi connectivity index (χ4n) is 4.69. The molecule has 166 valence electrons. The van der Waals surface area contributed by atoms with Crippen LogP contribution in [0.4, 0.5) is 5.69 Å². The van der Waals surface area contributed by atoms with Gasteiger partial charge < -0.3 is 10.6 Å². The van der Waals surface area contributed by atoms with Crippen molar-refractivity contribution in [3.05, 3.63) is 86.2 Å². The van der Waals surface area contributed by atoms with E-state index in [9.17, 15) is 9.59 Å². The molecule has 6 heteroatoms. The molecule has 0 fully saturated rings. The van der Waals surface area contributed by atoms with Crippen molar-refractivity contribution in [1.82, 2.24) is 5.32 Å². The molecule has 1 aliphatic heterocycles. The van der Waals surface area contributed by atoms with Gasteiger partial charge in [0.25, 0.3) is 5.91 Å². The number of halogens is 2. The maximum atomic E-state index is 13.6. The smallest absolute Gasteiger partial charge is 0.254 e. The van der Waals surface area contributed by atoms with Crippen LogP contribution in [-0.4, -0.2) is 11.7 Å². The summed E-state index contributed by atoms with van der Waals surface area (Å²) in [6, 6.07) is 13.0. The van der Waals surface area contributed by atoms with Gasteiger partial charge in [-0.1, -0.05) is 67.4 Å². The van der Waals surface area contributed by atoms with E-state index in [1.165, 1.54) is 0 Å². The molecule has 0 saturated carbocycles. The average Bonchev–Trinajstić information content (AvgIpc) is 2.69. The summed E-state index contributed by atoms with van der Waals surface area (Å²) in [6.07, 6.45) is 1.13. The zero-order valence-corrected chi connectivity index (χ0v) is 20.1. The lowest BCUT2D eigenvalue weighted by atomic mass is 9.68. The number of dihydropyridines is 1. The Morgan fingerprint density at radius 3 is 2.50 bits per heavy atom. The zero-order valence-electron chi connectivity index (χ0n) is 18.6. The minimum atomic E-state index is -0.593. The first-order chi connectivity index (χ1) is 15.1. The largest absolute Gasteiger partial charge is 0.362 e. The number of aryl methyl sites for hydroxylation is 1. The fourth-order valence-corrected chi connectivity index (χ4v) is 5.11. The van der Waals surface area contributed by atoms with Crippen molar-refractivity contribution >= 4 is 40.6 Å². The lowest BCUT2D eigenvalue weighted by Gasteiger charge is -2.40. The fraction of sp³-hybridized carbons (Fsp3) is 0.308. The number of ketones is 1. The number of para-hydroxylation sites is 1. The highest BCUT2D eigenvalue weighted by Gasteiger charge is 2.43. The molecule has 0 unspecified atom stereocenters. The Hall–Kier alpha value is -2.56. The van der Waals surface area contributed by atoms with Gasteiger partial charge in [-0.25, -0.2) is 0 Å². The van der Waals surface area contributed by atoms with Crippen LogP contribution in [0.2, 0.25) is 10.0 Å².